The summed E-state index contributed by atoms with van der Waals surface area (Å²) >= 11 is 7.19. The summed E-state index contributed by atoms with van der Waals surface area (Å²) in [6.45, 7) is 0. The standard InChI is InChI=1S/C19H19ClN2O3S/c20-13-8-10-15(11-9-13)26-12-18(23)21-22-19(24)16-6-1-2-7-17(16)25-14-4-3-5-14/h1-2,6-11,14H,3-5,12H2,(H,21,23)(H,22,24). The van der Waals surface area contributed by atoms with E-state index < -0.39 is 5.91 Å². The maximum Gasteiger partial charge on any atom is 0.273 e. The maximum atomic E-state index is 12.3. The number of carbonyl (C=O) groups excluding carboxylic acids is 2. The minimum Gasteiger partial charge on any atom is -0.490 e. The van der Waals surface area contributed by atoms with Crippen LogP contribution in [0.1, 0.15) is 29.6 Å². The number of ether oxygens (including phenoxy) is 1. The van der Waals surface area contributed by atoms with Crippen LogP contribution in [0.5, 0.6) is 5.75 Å². The normalized spacial score (nSPS) is 13.6. The van der Waals surface area contributed by atoms with E-state index in [0.29, 0.717) is 16.3 Å². The number of benzene rings is 2. The summed E-state index contributed by atoms with van der Waals surface area (Å²) in [5.41, 5.74) is 5.28. The van der Waals surface area contributed by atoms with E-state index >= 15 is 0 Å². The highest BCUT2D eigenvalue weighted by Crippen LogP contribution is 2.27. The molecule has 2 aromatic carbocycles. The zero-order valence-corrected chi connectivity index (χ0v) is 15.6. The zero-order valence-electron chi connectivity index (χ0n) is 14.0. The molecule has 5 nitrogen and oxygen atoms in total. The van der Waals surface area contributed by atoms with Gasteiger partial charge in [0.1, 0.15) is 5.75 Å². The molecule has 0 radical (unpaired) electrons. The van der Waals surface area contributed by atoms with Gasteiger partial charge >= 0.3 is 0 Å². The maximum absolute atomic E-state index is 12.3. The van der Waals surface area contributed by atoms with E-state index in [2.05, 4.69) is 10.9 Å². The molecule has 1 fully saturated rings. The van der Waals surface area contributed by atoms with Crippen molar-refractivity contribution in [2.24, 2.45) is 0 Å². The van der Waals surface area contributed by atoms with Crippen molar-refractivity contribution in [3.05, 3.63) is 59.1 Å². The van der Waals surface area contributed by atoms with Gasteiger partial charge in [0.15, 0.2) is 0 Å². The van der Waals surface area contributed by atoms with Crippen LogP contribution in [0.3, 0.4) is 0 Å². The van der Waals surface area contributed by atoms with Gasteiger partial charge in [-0.15, -0.1) is 11.8 Å². The SMILES string of the molecule is O=C(CSc1ccc(Cl)cc1)NNC(=O)c1ccccc1OC1CCC1. The van der Waals surface area contributed by atoms with Gasteiger partial charge in [-0.25, -0.2) is 0 Å². The third-order valence-electron chi connectivity index (χ3n) is 3.98. The highest BCUT2D eigenvalue weighted by atomic mass is 35.5. The summed E-state index contributed by atoms with van der Waals surface area (Å²) in [5, 5.41) is 0.647. The molecule has 0 aliphatic heterocycles. The lowest BCUT2D eigenvalue weighted by Gasteiger charge is -2.27. The van der Waals surface area contributed by atoms with E-state index in [1.54, 1.807) is 30.3 Å². The fourth-order valence-corrected chi connectivity index (χ4v) is 3.16. The van der Waals surface area contributed by atoms with Crippen LogP contribution in [0.4, 0.5) is 0 Å². The molecule has 0 atom stereocenters. The molecule has 0 bridgehead atoms. The fraction of sp³-hybridized carbons (Fsp3) is 0.263. The van der Waals surface area contributed by atoms with Crippen molar-refractivity contribution in [1.82, 2.24) is 10.9 Å². The third kappa shape index (κ3) is 5.16. The number of carbonyl (C=O) groups is 2. The van der Waals surface area contributed by atoms with Gasteiger partial charge in [-0.2, -0.15) is 0 Å². The number of para-hydroxylation sites is 1. The minimum absolute atomic E-state index is 0.175. The van der Waals surface area contributed by atoms with Crippen LogP contribution in [-0.2, 0) is 4.79 Å². The average Bonchev–Trinajstić information content (AvgIpc) is 2.62. The second-order valence-corrected chi connectivity index (χ2v) is 7.40. The molecule has 3 rings (SSSR count). The van der Waals surface area contributed by atoms with Crippen LogP contribution in [0.2, 0.25) is 5.02 Å². The van der Waals surface area contributed by atoms with Crippen molar-refractivity contribution in [3.8, 4) is 5.75 Å². The van der Waals surface area contributed by atoms with Crippen LogP contribution < -0.4 is 15.6 Å². The lowest BCUT2D eigenvalue weighted by Crippen LogP contribution is -2.42. The predicted octanol–water partition coefficient (Wildman–Crippen LogP) is 3.82. The lowest BCUT2D eigenvalue weighted by atomic mass is 9.96. The number of thioether (sulfide) groups is 1. The van der Waals surface area contributed by atoms with Crippen molar-refractivity contribution in [2.45, 2.75) is 30.3 Å². The highest BCUT2D eigenvalue weighted by molar-refractivity contribution is 8.00. The smallest absolute Gasteiger partial charge is 0.273 e. The summed E-state index contributed by atoms with van der Waals surface area (Å²) in [6.07, 6.45) is 3.35. The van der Waals surface area contributed by atoms with E-state index in [1.807, 2.05) is 18.2 Å². The Morgan fingerprint density at radius 3 is 2.50 bits per heavy atom. The first-order valence-corrected chi connectivity index (χ1v) is 9.71. The van der Waals surface area contributed by atoms with Crippen molar-refractivity contribution in [1.29, 1.82) is 0 Å². The Morgan fingerprint density at radius 2 is 1.81 bits per heavy atom. The van der Waals surface area contributed by atoms with Gasteiger partial charge in [0, 0.05) is 9.92 Å². The molecule has 0 spiro atoms. The summed E-state index contributed by atoms with van der Waals surface area (Å²) in [6, 6.07) is 14.3. The van der Waals surface area contributed by atoms with Crippen LogP contribution in [-0.4, -0.2) is 23.7 Å². The average molecular weight is 391 g/mol. The Kier molecular flexibility index (Phi) is 6.41. The predicted molar refractivity (Wildman–Crippen MR) is 102 cm³/mol. The Bertz CT molecular complexity index is 779. The summed E-state index contributed by atoms with van der Waals surface area (Å²) < 4.78 is 5.84. The van der Waals surface area contributed by atoms with Gasteiger partial charge in [0.2, 0.25) is 5.91 Å². The first-order valence-electron chi connectivity index (χ1n) is 8.35. The number of hydrogen-bond donors (Lipinski definition) is 2. The van der Waals surface area contributed by atoms with E-state index in [-0.39, 0.29) is 17.8 Å². The molecular weight excluding hydrogens is 372 g/mol. The Morgan fingerprint density at radius 1 is 1.08 bits per heavy atom. The summed E-state index contributed by atoms with van der Waals surface area (Å²) in [7, 11) is 0. The molecule has 0 aromatic heterocycles. The number of nitrogens with one attached hydrogen (secondary N) is 2. The number of hydrogen-bond acceptors (Lipinski definition) is 4. The molecule has 0 saturated heterocycles. The second kappa shape index (κ2) is 8.96. The molecule has 1 saturated carbocycles. The molecule has 0 heterocycles. The van der Waals surface area contributed by atoms with E-state index in [4.69, 9.17) is 16.3 Å². The van der Waals surface area contributed by atoms with Gasteiger partial charge < -0.3 is 4.74 Å². The van der Waals surface area contributed by atoms with E-state index in [9.17, 15) is 9.59 Å². The van der Waals surface area contributed by atoms with E-state index in [1.165, 1.54) is 11.8 Å². The van der Waals surface area contributed by atoms with Crippen LogP contribution in [0, 0.1) is 0 Å². The highest BCUT2D eigenvalue weighted by Gasteiger charge is 2.22. The summed E-state index contributed by atoms with van der Waals surface area (Å²) in [5.74, 6) is 0.0298. The van der Waals surface area contributed by atoms with Crippen molar-refractivity contribution < 1.29 is 14.3 Å². The number of rotatable bonds is 6. The van der Waals surface area contributed by atoms with Crippen molar-refractivity contribution in [3.63, 3.8) is 0 Å². The Balaban J connectivity index is 1.48. The molecule has 1 aliphatic carbocycles. The molecule has 2 aromatic rings. The monoisotopic (exact) mass is 390 g/mol. The molecule has 0 unspecified atom stereocenters. The summed E-state index contributed by atoms with van der Waals surface area (Å²) in [4.78, 5) is 25.2. The number of amides is 2. The molecule has 2 N–H and O–H groups in total. The molecule has 26 heavy (non-hydrogen) atoms. The molecule has 2 amide bonds. The van der Waals surface area contributed by atoms with Gasteiger partial charge in [0.05, 0.1) is 17.4 Å². The lowest BCUT2D eigenvalue weighted by molar-refractivity contribution is -0.119. The van der Waals surface area contributed by atoms with Gasteiger partial charge in [-0.1, -0.05) is 23.7 Å². The van der Waals surface area contributed by atoms with Crippen molar-refractivity contribution >= 4 is 35.2 Å². The second-order valence-electron chi connectivity index (χ2n) is 5.91. The van der Waals surface area contributed by atoms with Gasteiger partial charge in [-0.3, -0.25) is 20.4 Å². The topological polar surface area (TPSA) is 67.4 Å². The fourth-order valence-electron chi connectivity index (χ4n) is 2.33. The van der Waals surface area contributed by atoms with Gasteiger partial charge in [0.25, 0.3) is 5.91 Å². The van der Waals surface area contributed by atoms with E-state index in [0.717, 1.165) is 24.2 Å². The molecule has 1 aliphatic rings. The molecule has 7 heteroatoms. The van der Waals surface area contributed by atoms with Crippen LogP contribution >= 0.6 is 23.4 Å². The zero-order chi connectivity index (χ0) is 18.4. The number of halogens is 1. The first kappa shape index (κ1) is 18.6. The number of hydrazine groups is 1. The Hall–Kier alpha value is -2.18. The molecular formula is C19H19ClN2O3S. The Labute approximate surface area is 161 Å². The quantitative estimate of drug-likeness (QED) is 0.581. The first-order chi connectivity index (χ1) is 12.6. The minimum atomic E-state index is -0.398. The van der Waals surface area contributed by atoms with Crippen molar-refractivity contribution in [2.75, 3.05) is 5.75 Å². The molecule has 136 valence electrons. The largest absolute Gasteiger partial charge is 0.490 e. The third-order valence-corrected chi connectivity index (χ3v) is 5.24. The van der Waals surface area contributed by atoms with Gasteiger partial charge in [-0.05, 0) is 55.7 Å². The van der Waals surface area contributed by atoms with Crippen LogP contribution in [0.15, 0.2) is 53.4 Å². The van der Waals surface area contributed by atoms with Crippen LogP contribution in [0.25, 0.3) is 0 Å².